The van der Waals surface area contributed by atoms with Crippen LogP contribution in [0.15, 0.2) is 85.3 Å². The van der Waals surface area contributed by atoms with Crippen LogP contribution in [0.4, 0.5) is 5.69 Å². The second kappa shape index (κ2) is 14.1. The number of nitrogens with two attached hydrogens (primary N) is 1. The Kier molecular flexibility index (Phi) is 10.6. The normalized spacial score (nSPS) is 15.3. The molecule has 3 aromatic rings. The van der Waals surface area contributed by atoms with Gasteiger partial charge in [0, 0.05) is 31.7 Å². The summed E-state index contributed by atoms with van der Waals surface area (Å²) >= 11 is 0. The van der Waals surface area contributed by atoms with E-state index in [1.54, 1.807) is 31.5 Å². The zero-order valence-electron chi connectivity index (χ0n) is 21.7. The number of hydrogen-bond donors (Lipinski definition) is 4. The molecule has 38 heavy (non-hydrogen) atoms. The molecule has 3 unspecified atom stereocenters. The van der Waals surface area contributed by atoms with Gasteiger partial charge in [-0.05, 0) is 62.6 Å². The number of hydrazine groups is 1. The van der Waals surface area contributed by atoms with Crippen molar-refractivity contribution in [3.05, 3.63) is 90.9 Å². The zero-order valence-corrected chi connectivity index (χ0v) is 21.7. The molecule has 0 saturated carbocycles. The van der Waals surface area contributed by atoms with Crippen molar-refractivity contribution in [1.82, 2.24) is 20.0 Å². The summed E-state index contributed by atoms with van der Waals surface area (Å²) in [7, 11) is 0. The Balaban J connectivity index is 0.000000299. The standard InChI is InChI=1S/C19H28N4O4.C9H8N2/c1-3-10-23(20)15-8-6-14(7-9-15)13(2)21-18(26)16(24)17(25)19(27)22-11-4-5-12-22;1-2-5-9(6-3-1)11-8-4-7-10-11/h3,6-10,13,16-17,24-25H,4-5,11-12,20H2,1-2H3,(H,21,26);1-8H/b10-3-;. The minimum atomic E-state index is -1.81. The third-order valence-corrected chi connectivity index (χ3v) is 6.12. The van der Waals surface area contributed by atoms with E-state index >= 15 is 0 Å². The molecule has 0 bridgehead atoms. The van der Waals surface area contributed by atoms with Gasteiger partial charge in [-0.1, -0.05) is 36.4 Å². The molecular weight excluding hydrogens is 484 g/mol. The van der Waals surface area contributed by atoms with Gasteiger partial charge in [0.25, 0.3) is 11.8 Å². The van der Waals surface area contributed by atoms with E-state index in [1.165, 1.54) is 9.91 Å². The van der Waals surface area contributed by atoms with Crippen molar-refractivity contribution >= 4 is 17.5 Å². The van der Waals surface area contributed by atoms with Gasteiger partial charge in [-0.25, -0.2) is 10.5 Å². The van der Waals surface area contributed by atoms with E-state index in [1.807, 2.05) is 72.4 Å². The quantitative estimate of drug-likeness (QED) is 0.264. The number of carbonyl (C=O) groups excluding carboxylic acids is 2. The summed E-state index contributed by atoms with van der Waals surface area (Å²) in [6.45, 7) is 4.69. The summed E-state index contributed by atoms with van der Waals surface area (Å²) in [5, 5.41) is 28.3. The number of allylic oxidation sites excluding steroid dienone is 1. The van der Waals surface area contributed by atoms with E-state index in [9.17, 15) is 19.8 Å². The predicted octanol–water partition coefficient (Wildman–Crippen LogP) is 2.29. The number of rotatable bonds is 8. The SMILES string of the molecule is C/C=C\N(N)c1ccc(C(C)NC(=O)C(O)C(O)C(=O)N2CCCC2)cc1.c1ccc(-n2cccn2)cc1. The first-order valence-electron chi connectivity index (χ1n) is 12.6. The highest BCUT2D eigenvalue weighted by Gasteiger charge is 2.34. The van der Waals surface area contributed by atoms with Crippen LogP contribution in [0.2, 0.25) is 0 Å². The number of aromatic nitrogens is 2. The first kappa shape index (κ1) is 28.6. The van der Waals surface area contributed by atoms with Crippen LogP contribution in [0.3, 0.4) is 0 Å². The molecule has 0 radical (unpaired) electrons. The first-order valence-corrected chi connectivity index (χ1v) is 12.6. The number of nitrogens with one attached hydrogen (secondary N) is 1. The number of anilines is 1. The fourth-order valence-corrected chi connectivity index (χ4v) is 3.97. The van der Waals surface area contributed by atoms with Gasteiger partial charge in [0.15, 0.2) is 12.2 Å². The van der Waals surface area contributed by atoms with Crippen molar-refractivity contribution in [2.45, 2.75) is 44.9 Å². The predicted molar refractivity (Wildman–Crippen MR) is 146 cm³/mol. The molecule has 3 atom stereocenters. The highest BCUT2D eigenvalue weighted by atomic mass is 16.3. The molecule has 2 amide bonds. The highest BCUT2D eigenvalue weighted by Crippen LogP contribution is 2.18. The third-order valence-electron chi connectivity index (χ3n) is 6.12. The van der Waals surface area contributed by atoms with Crippen molar-refractivity contribution in [3.63, 3.8) is 0 Å². The molecule has 1 fully saturated rings. The van der Waals surface area contributed by atoms with Gasteiger partial charge in [0.2, 0.25) is 0 Å². The van der Waals surface area contributed by atoms with Gasteiger partial charge >= 0.3 is 0 Å². The molecule has 2 heterocycles. The fourth-order valence-electron chi connectivity index (χ4n) is 3.97. The summed E-state index contributed by atoms with van der Waals surface area (Å²) in [6, 6.07) is 18.8. The van der Waals surface area contributed by atoms with Crippen molar-refractivity contribution in [2.75, 3.05) is 18.1 Å². The average Bonchev–Trinajstić information content (AvgIpc) is 3.68. The maximum Gasteiger partial charge on any atom is 0.254 e. The Morgan fingerprint density at radius 2 is 1.68 bits per heavy atom. The molecule has 202 valence electrons. The first-order chi connectivity index (χ1) is 18.3. The molecular formula is C28H36N6O4. The molecule has 2 aromatic carbocycles. The van der Waals surface area contributed by atoms with E-state index in [0.717, 1.165) is 29.8 Å². The summed E-state index contributed by atoms with van der Waals surface area (Å²) < 4.78 is 1.83. The van der Waals surface area contributed by atoms with Gasteiger partial charge in [0.05, 0.1) is 17.4 Å². The van der Waals surface area contributed by atoms with Gasteiger partial charge in [-0.15, -0.1) is 0 Å². The lowest BCUT2D eigenvalue weighted by Crippen LogP contribution is -2.50. The monoisotopic (exact) mass is 520 g/mol. The van der Waals surface area contributed by atoms with Gasteiger partial charge < -0.3 is 20.4 Å². The van der Waals surface area contributed by atoms with Gasteiger partial charge in [-0.3, -0.25) is 14.6 Å². The largest absolute Gasteiger partial charge is 0.380 e. The molecule has 10 nitrogen and oxygen atoms in total. The molecule has 4 rings (SSSR count). The molecule has 1 aliphatic rings. The minimum Gasteiger partial charge on any atom is -0.380 e. The van der Waals surface area contributed by atoms with Crippen LogP contribution < -0.4 is 16.2 Å². The number of aliphatic hydroxyl groups excluding tert-OH is 2. The van der Waals surface area contributed by atoms with E-state index in [0.29, 0.717) is 13.1 Å². The van der Waals surface area contributed by atoms with Crippen LogP contribution in [-0.2, 0) is 9.59 Å². The van der Waals surface area contributed by atoms with Crippen molar-refractivity contribution in [3.8, 4) is 5.69 Å². The van der Waals surface area contributed by atoms with Crippen LogP contribution >= 0.6 is 0 Å². The fraction of sp³-hybridized carbons (Fsp3) is 0.321. The maximum absolute atomic E-state index is 12.2. The number of para-hydroxylation sites is 1. The number of carbonyl (C=O) groups is 2. The van der Waals surface area contributed by atoms with Crippen LogP contribution in [-0.4, -0.2) is 62.0 Å². The number of aliphatic hydroxyl groups is 2. The van der Waals surface area contributed by atoms with Gasteiger partial charge in [-0.2, -0.15) is 5.10 Å². The van der Waals surface area contributed by atoms with E-state index in [-0.39, 0.29) is 0 Å². The molecule has 5 N–H and O–H groups in total. The lowest BCUT2D eigenvalue weighted by Gasteiger charge is -2.24. The number of hydrogen-bond acceptors (Lipinski definition) is 7. The summed E-state index contributed by atoms with van der Waals surface area (Å²) in [6.07, 6.45) is 5.38. The molecule has 0 aliphatic carbocycles. The van der Waals surface area contributed by atoms with Gasteiger partial charge in [0.1, 0.15) is 0 Å². The van der Waals surface area contributed by atoms with Crippen LogP contribution in [0.1, 0.15) is 38.3 Å². The Labute approximate surface area is 222 Å². The third kappa shape index (κ3) is 7.75. The summed E-state index contributed by atoms with van der Waals surface area (Å²) in [4.78, 5) is 25.8. The molecule has 1 aromatic heterocycles. The van der Waals surface area contributed by atoms with E-state index < -0.39 is 30.1 Å². The van der Waals surface area contributed by atoms with Crippen molar-refractivity contribution in [2.24, 2.45) is 5.84 Å². The minimum absolute atomic E-state index is 0.414. The number of likely N-dealkylation sites (tertiary alicyclic amines) is 1. The molecule has 1 aliphatic heterocycles. The lowest BCUT2D eigenvalue weighted by molar-refractivity contribution is -0.152. The summed E-state index contributed by atoms with van der Waals surface area (Å²) in [5.41, 5.74) is 2.67. The van der Waals surface area contributed by atoms with Crippen LogP contribution in [0, 0.1) is 0 Å². The smallest absolute Gasteiger partial charge is 0.254 e. The Morgan fingerprint density at radius 3 is 2.26 bits per heavy atom. The molecule has 10 heteroatoms. The second-order valence-corrected chi connectivity index (χ2v) is 8.92. The zero-order chi connectivity index (χ0) is 27.5. The van der Waals surface area contributed by atoms with Crippen molar-refractivity contribution < 1.29 is 19.8 Å². The van der Waals surface area contributed by atoms with E-state index in [4.69, 9.17) is 5.84 Å². The highest BCUT2D eigenvalue weighted by molar-refractivity contribution is 5.91. The van der Waals surface area contributed by atoms with Crippen LogP contribution in [0.5, 0.6) is 0 Å². The Bertz CT molecular complexity index is 1160. The maximum atomic E-state index is 12.2. The average molecular weight is 521 g/mol. The molecule has 1 saturated heterocycles. The Hall–Kier alpha value is -3.99. The number of nitrogens with zero attached hydrogens (tertiary/aromatic N) is 4. The van der Waals surface area contributed by atoms with E-state index in [2.05, 4.69) is 10.4 Å². The number of benzene rings is 2. The lowest BCUT2D eigenvalue weighted by atomic mass is 10.1. The topological polar surface area (TPSA) is 137 Å². The summed E-state index contributed by atoms with van der Waals surface area (Å²) in [5.74, 6) is 4.44. The second-order valence-electron chi connectivity index (χ2n) is 8.92. The van der Waals surface area contributed by atoms with Crippen molar-refractivity contribution in [1.29, 1.82) is 0 Å². The molecule has 0 spiro atoms. The van der Waals surface area contributed by atoms with Crippen LogP contribution in [0.25, 0.3) is 5.69 Å². The number of amides is 2. The Morgan fingerprint density at radius 1 is 1.03 bits per heavy atom.